The standard InChI is InChI=1S/C4H8N4O/c5-4-3-8(1-2-9)7-6-4/h3,9H,1-2,5H2. The van der Waals surface area contributed by atoms with Gasteiger partial charge in [0.1, 0.15) is 0 Å². The van der Waals surface area contributed by atoms with Crippen LogP contribution in [0.1, 0.15) is 0 Å². The van der Waals surface area contributed by atoms with Crippen LogP contribution in [0.4, 0.5) is 5.82 Å². The molecular formula is C4H8N4O. The van der Waals surface area contributed by atoms with E-state index in [1.54, 1.807) is 6.20 Å². The average molecular weight is 128 g/mol. The number of aliphatic hydroxyl groups is 1. The number of aromatic nitrogens is 3. The molecule has 0 unspecified atom stereocenters. The number of rotatable bonds is 2. The molecule has 0 radical (unpaired) electrons. The second-order valence-electron chi connectivity index (χ2n) is 1.63. The minimum atomic E-state index is 0.0583. The van der Waals surface area contributed by atoms with Crippen LogP contribution in [-0.2, 0) is 6.54 Å². The van der Waals surface area contributed by atoms with E-state index in [1.807, 2.05) is 0 Å². The van der Waals surface area contributed by atoms with Gasteiger partial charge in [-0.2, -0.15) is 0 Å². The fraction of sp³-hybridized carbons (Fsp3) is 0.500. The molecule has 0 saturated carbocycles. The third-order valence-electron chi connectivity index (χ3n) is 0.885. The Morgan fingerprint density at radius 1 is 1.78 bits per heavy atom. The average Bonchev–Trinajstić information content (AvgIpc) is 2.17. The molecule has 1 aromatic heterocycles. The third-order valence-corrected chi connectivity index (χ3v) is 0.885. The molecule has 1 heterocycles. The van der Waals surface area contributed by atoms with Crippen LogP contribution in [-0.4, -0.2) is 26.7 Å². The van der Waals surface area contributed by atoms with E-state index in [0.717, 1.165) is 0 Å². The second kappa shape index (κ2) is 2.45. The maximum absolute atomic E-state index is 8.40. The van der Waals surface area contributed by atoms with Gasteiger partial charge in [-0.05, 0) is 0 Å². The van der Waals surface area contributed by atoms with Gasteiger partial charge in [-0.15, -0.1) is 5.10 Å². The molecule has 0 saturated heterocycles. The van der Waals surface area contributed by atoms with Gasteiger partial charge in [-0.25, -0.2) is 4.68 Å². The molecule has 1 aromatic rings. The maximum Gasteiger partial charge on any atom is 0.165 e. The lowest BCUT2D eigenvalue weighted by Gasteiger charge is -1.90. The van der Waals surface area contributed by atoms with Gasteiger partial charge in [0.2, 0.25) is 0 Å². The summed E-state index contributed by atoms with van der Waals surface area (Å²) in [6, 6.07) is 0. The molecule has 0 bridgehead atoms. The molecule has 50 valence electrons. The Morgan fingerprint density at radius 3 is 3.00 bits per heavy atom. The van der Waals surface area contributed by atoms with Gasteiger partial charge >= 0.3 is 0 Å². The molecule has 0 atom stereocenters. The summed E-state index contributed by atoms with van der Waals surface area (Å²) in [5.41, 5.74) is 5.23. The van der Waals surface area contributed by atoms with Crippen molar-refractivity contribution in [3.8, 4) is 0 Å². The number of anilines is 1. The van der Waals surface area contributed by atoms with E-state index >= 15 is 0 Å². The first-order valence-corrected chi connectivity index (χ1v) is 2.59. The van der Waals surface area contributed by atoms with E-state index in [2.05, 4.69) is 10.3 Å². The van der Waals surface area contributed by atoms with Gasteiger partial charge in [-0.3, -0.25) is 0 Å². The van der Waals surface area contributed by atoms with E-state index in [4.69, 9.17) is 10.8 Å². The van der Waals surface area contributed by atoms with Crippen molar-refractivity contribution in [3.63, 3.8) is 0 Å². The van der Waals surface area contributed by atoms with Crippen molar-refractivity contribution in [1.29, 1.82) is 0 Å². The summed E-state index contributed by atoms with van der Waals surface area (Å²) in [6.45, 7) is 0.507. The molecule has 0 spiro atoms. The molecule has 9 heavy (non-hydrogen) atoms. The summed E-state index contributed by atoms with van der Waals surface area (Å²) in [7, 11) is 0. The van der Waals surface area contributed by atoms with Crippen molar-refractivity contribution in [2.24, 2.45) is 0 Å². The summed E-state index contributed by atoms with van der Waals surface area (Å²) in [6.07, 6.45) is 1.57. The number of hydrogen-bond acceptors (Lipinski definition) is 4. The second-order valence-corrected chi connectivity index (χ2v) is 1.63. The third kappa shape index (κ3) is 1.39. The fourth-order valence-corrected chi connectivity index (χ4v) is 0.525. The van der Waals surface area contributed by atoms with Crippen LogP contribution in [0.15, 0.2) is 6.20 Å². The predicted molar refractivity (Wildman–Crippen MR) is 31.5 cm³/mol. The first-order valence-electron chi connectivity index (χ1n) is 2.59. The van der Waals surface area contributed by atoms with Crippen LogP contribution in [0.2, 0.25) is 0 Å². The first-order chi connectivity index (χ1) is 4.33. The molecule has 0 aliphatic heterocycles. The largest absolute Gasteiger partial charge is 0.394 e. The van der Waals surface area contributed by atoms with Gasteiger partial charge in [0, 0.05) is 0 Å². The monoisotopic (exact) mass is 128 g/mol. The summed E-state index contributed by atoms with van der Waals surface area (Å²) < 4.78 is 1.48. The summed E-state index contributed by atoms with van der Waals surface area (Å²) >= 11 is 0. The molecule has 0 amide bonds. The molecule has 0 aliphatic rings. The molecule has 0 aromatic carbocycles. The maximum atomic E-state index is 8.40. The molecule has 5 heteroatoms. The van der Waals surface area contributed by atoms with Crippen molar-refractivity contribution in [2.75, 3.05) is 12.3 Å². The number of nitrogen functional groups attached to an aromatic ring is 1. The Bertz CT molecular complexity index is 184. The molecule has 1 rings (SSSR count). The quantitative estimate of drug-likeness (QED) is 0.527. The lowest BCUT2D eigenvalue weighted by molar-refractivity contribution is 0.268. The predicted octanol–water partition coefficient (Wildman–Crippen LogP) is -1.15. The minimum absolute atomic E-state index is 0.0583. The Morgan fingerprint density at radius 2 is 2.56 bits per heavy atom. The van der Waals surface area contributed by atoms with E-state index < -0.39 is 0 Å². The highest BCUT2D eigenvalue weighted by Crippen LogP contribution is 1.90. The van der Waals surface area contributed by atoms with E-state index in [1.165, 1.54) is 4.68 Å². The summed E-state index contributed by atoms with van der Waals surface area (Å²) in [5, 5.41) is 15.5. The van der Waals surface area contributed by atoms with Crippen molar-refractivity contribution in [3.05, 3.63) is 6.20 Å². The van der Waals surface area contributed by atoms with Gasteiger partial charge in [-0.1, -0.05) is 5.21 Å². The van der Waals surface area contributed by atoms with Crippen LogP contribution in [0.25, 0.3) is 0 Å². The fourth-order valence-electron chi connectivity index (χ4n) is 0.525. The molecule has 5 nitrogen and oxygen atoms in total. The number of aliphatic hydroxyl groups excluding tert-OH is 1. The van der Waals surface area contributed by atoms with Gasteiger partial charge in [0.15, 0.2) is 5.82 Å². The smallest absolute Gasteiger partial charge is 0.165 e. The van der Waals surface area contributed by atoms with Gasteiger partial charge in [0.05, 0.1) is 19.3 Å². The molecular weight excluding hydrogens is 120 g/mol. The van der Waals surface area contributed by atoms with Crippen molar-refractivity contribution in [1.82, 2.24) is 15.0 Å². The van der Waals surface area contributed by atoms with Crippen LogP contribution in [0.3, 0.4) is 0 Å². The van der Waals surface area contributed by atoms with E-state index in [-0.39, 0.29) is 6.61 Å². The number of nitrogens with two attached hydrogens (primary N) is 1. The number of nitrogens with zero attached hydrogens (tertiary/aromatic N) is 3. The van der Waals surface area contributed by atoms with Crippen LogP contribution >= 0.6 is 0 Å². The summed E-state index contributed by atoms with van der Waals surface area (Å²) in [4.78, 5) is 0. The zero-order chi connectivity index (χ0) is 6.69. The highest BCUT2D eigenvalue weighted by molar-refractivity contribution is 5.19. The highest BCUT2D eigenvalue weighted by atomic mass is 16.3. The van der Waals surface area contributed by atoms with Crippen molar-refractivity contribution < 1.29 is 5.11 Å². The normalized spacial score (nSPS) is 9.89. The molecule has 0 fully saturated rings. The van der Waals surface area contributed by atoms with Crippen LogP contribution < -0.4 is 5.73 Å². The van der Waals surface area contributed by atoms with Crippen molar-refractivity contribution >= 4 is 5.82 Å². The lowest BCUT2D eigenvalue weighted by atomic mass is 10.7. The van der Waals surface area contributed by atoms with Crippen molar-refractivity contribution in [2.45, 2.75) is 6.54 Å². The van der Waals surface area contributed by atoms with Gasteiger partial charge in [0.25, 0.3) is 0 Å². The lowest BCUT2D eigenvalue weighted by Crippen LogP contribution is -2.02. The zero-order valence-corrected chi connectivity index (χ0v) is 4.86. The van der Waals surface area contributed by atoms with Gasteiger partial charge < -0.3 is 10.8 Å². The van der Waals surface area contributed by atoms with Crippen LogP contribution in [0, 0.1) is 0 Å². The number of hydrogen-bond donors (Lipinski definition) is 2. The first kappa shape index (κ1) is 6.03. The zero-order valence-electron chi connectivity index (χ0n) is 4.86. The Hall–Kier alpha value is -1.10. The Kier molecular flexibility index (Phi) is 1.64. The molecule has 0 aliphatic carbocycles. The Balaban J connectivity index is 2.61. The molecule has 3 N–H and O–H groups in total. The van der Waals surface area contributed by atoms with E-state index in [0.29, 0.717) is 12.4 Å². The van der Waals surface area contributed by atoms with Crippen LogP contribution in [0.5, 0.6) is 0 Å². The minimum Gasteiger partial charge on any atom is -0.394 e. The van der Waals surface area contributed by atoms with E-state index in [9.17, 15) is 0 Å². The SMILES string of the molecule is Nc1cn(CCO)nn1. The highest BCUT2D eigenvalue weighted by Gasteiger charge is 1.91. The topological polar surface area (TPSA) is 77.0 Å². The summed E-state index contributed by atoms with van der Waals surface area (Å²) in [5.74, 6) is 0.378. The Labute approximate surface area is 52.1 Å².